The SMILES string of the molecule is CC(=O)O[C@@H]1[C@H](O)[C@H](O)[C@H](O[C@@H]2[C@@H](O)[C@H](O)[C@H](CO)O[C@H]2c2c(O)cc(O)c3c(=O)cc(-c4ccc(O)cc4)oc23)O[C@H]1C. The van der Waals surface area contributed by atoms with Crippen LogP contribution in [0, 0.1) is 0 Å². The fraction of sp³-hybridized carbons (Fsp3) is 0.448. The summed E-state index contributed by atoms with van der Waals surface area (Å²) < 4.78 is 28.4. The van der Waals surface area contributed by atoms with E-state index in [1.54, 1.807) is 0 Å². The van der Waals surface area contributed by atoms with Gasteiger partial charge < -0.3 is 64.2 Å². The third-order valence-electron chi connectivity index (χ3n) is 7.67. The van der Waals surface area contributed by atoms with E-state index in [2.05, 4.69) is 0 Å². The molecule has 0 saturated carbocycles. The molecule has 0 aliphatic carbocycles. The van der Waals surface area contributed by atoms with Crippen molar-refractivity contribution in [2.75, 3.05) is 6.61 Å². The Balaban J connectivity index is 1.62. The van der Waals surface area contributed by atoms with Crippen LogP contribution in [0.15, 0.2) is 45.6 Å². The Bertz CT molecular complexity index is 1570. The quantitative estimate of drug-likeness (QED) is 0.162. The first-order chi connectivity index (χ1) is 20.8. The highest BCUT2D eigenvalue weighted by atomic mass is 16.7. The lowest BCUT2D eigenvalue weighted by Crippen LogP contribution is -2.62. The third-order valence-corrected chi connectivity index (χ3v) is 7.67. The fourth-order valence-electron chi connectivity index (χ4n) is 5.47. The lowest BCUT2D eigenvalue weighted by Gasteiger charge is -2.46. The van der Waals surface area contributed by atoms with Gasteiger partial charge in [-0.1, -0.05) is 0 Å². The smallest absolute Gasteiger partial charge is 0.303 e. The van der Waals surface area contributed by atoms with Crippen LogP contribution in [0.5, 0.6) is 17.2 Å². The second-order valence-electron chi connectivity index (χ2n) is 10.7. The van der Waals surface area contributed by atoms with Crippen LogP contribution in [0.4, 0.5) is 0 Å². The average Bonchev–Trinajstić information content (AvgIpc) is 2.96. The number of esters is 1. The summed E-state index contributed by atoms with van der Waals surface area (Å²) in [5, 5.41) is 84.0. The van der Waals surface area contributed by atoms with E-state index < -0.39 is 96.3 Å². The van der Waals surface area contributed by atoms with Gasteiger partial charge in [-0.05, 0) is 31.2 Å². The maximum atomic E-state index is 13.2. The Labute approximate surface area is 248 Å². The molecule has 1 aromatic heterocycles. The molecular weight excluding hydrogens is 588 g/mol. The predicted octanol–water partition coefficient (Wildman–Crippen LogP) is -0.486. The van der Waals surface area contributed by atoms with E-state index in [1.165, 1.54) is 31.2 Å². The molecule has 2 saturated heterocycles. The average molecular weight is 621 g/mol. The topological polar surface area (TPSA) is 246 Å². The molecule has 0 unspecified atom stereocenters. The molecule has 5 rings (SSSR count). The molecule has 10 atom stereocenters. The van der Waals surface area contributed by atoms with Crippen molar-refractivity contribution in [3.63, 3.8) is 0 Å². The Morgan fingerprint density at radius 2 is 1.55 bits per heavy atom. The first-order valence-electron chi connectivity index (χ1n) is 13.6. The van der Waals surface area contributed by atoms with Crippen LogP contribution < -0.4 is 5.43 Å². The highest BCUT2D eigenvalue weighted by molar-refractivity contribution is 5.89. The minimum atomic E-state index is -1.88. The van der Waals surface area contributed by atoms with Crippen LogP contribution in [0.25, 0.3) is 22.3 Å². The van der Waals surface area contributed by atoms with E-state index in [0.29, 0.717) is 5.56 Å². The van der Waals surface area contributed by atoms with Gasteiger partial charge in [0.15, 0.2) is 23.4 Å². The highest BCUT2D eigenvalue weighted by Gasteiger charge is 2.52. The highest BCUT2D eigenvalue weighted by Crippen LogP contribution is 2.45. The Kier molecular flexibility index (Phi) is 8.84. The van der Waals surface area contributed by atoms with Gasteiger partial charge in [0.2, 0.25) is 0 Å². The van der Waals surface area contributed by atoms with Crippen molar-refractivity contribution < 1.29 is 69.0 Å². The summed E-state index contributed by atoms with van der Waals surface area (Å²) in [6.45, 7) is 1.73. The summed E-state index contributed by atoms with van der Waals surface area (Å²) in [6, 6.07) is 7.49. The van der Waals surface area contributed by atoms with Gasteiger partial charge in [-0.15, -0.1) is 0 Å². The van der Waals surface area contributed by atoms with Gasteiger partial charge in [0.05, 0.1) is 18.3 Å². The molecule has 2 fully saturated rings. The molecule has 3 aromatic rings. The number of phenolic OH excluding ortho intramolecular Hbond substituents is 3. The number of aromatic hydroxyl groups is 3. The van der Waals surface area contributed by atoms with Crippen molar-refractivity contribution in [1.82, 2.24) is 0 Å². The maximum Gasteiger partial charge on any atom is 0.303 e. The van der Waals surface area contributed by atoms with E-state index >= 15 is 0 Å². The zero-order chi connectivity index (χ0) is 32.0. The number of benzene rings is 2. The summed E-state index contributed by atoms with van der Waals surface area (Å²) in [7, 11) is 0. The molecule has 44 heavy (non-hydrogen) atoms. The van der Waals surface area contributed by atoms with E-state index in [0.717, 1.165) is 19.1 Å². The van der Waals surface area contributed by atoms with E-state index in [-0.39, 0.29) is 22.5 Å². The second kappa shape index (κ2) is 12.3. The van der Waals surface area contributed by atoms with E-state index in [1.807, 2.05) is 0 Å². The predicted molar refractivity (Wildman–Crippen MR) is 146 cm³/mol. The molecule has 0 spiro atoms. The van der Waals surface area contributed by atoms with Gasteiger partial charge in [-0.2, -0.15) is 0 Å². The number of aliphatic hydroxyl groups excluding tert-OH is 5. The van der Waals surface area contributed by atoms with E-state index in [4.69, 9.17) is 23.4 Å². The number of carbonyl (C=O) groups is 1. The zero-order valence-electron chi connectivity index (χ0n) is 23.4. The van der Waals surface area contributed by atoms with Crippen molar-refractivity contribution in [3.05, 3.63) is 52.2 Å². The number of rotatable bonds is 6. The van der Waals surface area contributed by atoms with Crippen molar-refractivity contribution in [2.45, 2.75) is 75.1 Å². The van der Waals surface area contributed by atoms with Gasteiger partial charge in [0, 0.05) is 24.6 Å². The third kappa shape index (κ3) is 5.71. The van der Waals surface area contributed by atoms with Crippen LogP contribution in [-0.2, 0) is 23.7 Å². The van der Waals surface area contributed by atoms with Gasteiger partial charge in [0.25, 0.3) is 0 Å². The molecular formula is C29H32O15. The number of carbonyl (C=O) groups excluding carboxylic acids is 1. The lowest BCUT2D eigenvalue weighted by molar-refractivity contribution is -0.338. The Morgan fingerprint density at radius 1 is 0.886 bits per heavy atom. The number of hydrogen-bond donors (Lipinski definition) is 8. The molecule has 0 bridgehead atoms. The lowest BCUT2D eigenvalue weighted by atomic mass is 9.89. The molecule has 2 aromatic carbocycles. The molecule has 238 valence electrons. The Morgan fingerprint density at radius 3 is 2.18 bits per heavy atom. The van der Waals surface area contributed by atoms with Crippen LogP contribution in [0.3, 0.4) is 0 Å². The number of hydrogen-bond acceptors (Lipinski definition) is 15. The van der Waals surface area contributed by atoms with Gasteiger partial charge in [-0.25, -0.2) is 0 Å². The normalized spacial score (nSPS) is 32.4. The van der Waals surface area contributed by atoms with Crippen LogP contribution in [-0.4, -0.2) is 109 Å². The van der Waals surface area contributed by atoms with Crippen molar-refractivity contribution in [2.24, 2.45) is 0 Å². The van der Waals surface area contributed by atoms with Crippen LogP contribution in [0.2, 0.25) is 0 Å². The summed E-state index contributed by atoms with van der Waals surface area (Å²) in [5.74, 6) is -2.18. The number of fused-ring (bicyclic) bond motifs is 1. The number of ether oxygens (including phenoxy) is 4. The first-order valence-corrected chi connectivity index (χ1v) is 13.6. The summed E-state index contributed by atoms with van der Waals surface area (Å²) in [6.07, 6.45) is -16.0. The minimum absolute atomic E-state index is 0.0409. The number of phenols is 3. The van der Waals surface area contributed by atoms with Crippen molar-refractivity contribution in [1.29, 1.82) is 0 Å². The molecule has 2 aliphatic heterocycles. The summed E-state index contributed by atoms with van der Waals surface area (Å²) in [5.41, 5.74) is -1.13. The van der Waals surface area contributed by atoms with Gasteiger partial charge >= 0.3 is 5.97 Å². The van der Waals surface area contributed by atoms with Gasteiger partial charge in [-0.3, -0.25) is 9.59 Å². The second-order valence-corrected chi connectivity index (χ2v) is 10.7. The number of aliphatic hydroxyl groups is 5. The first kappa shape index (κ1) is 31.6. The van der Waals surface area contributed by atoms with Crippen molar-refractivity contribution in [3.8, 4) is 28.6 Å². The summed E-state index contributed by atoms with van der Waals surface area (Å²) in [4.78, 5) is 24.7. The molecule has 8 N–H and O–H groups in total. The van der Waals surface area contributed by atoms with Crippen molar-refractivity contribution >= 4 is 16.9 Å². The standard InChI is InChI=1S/C29H32O15/c1-10-25(41-11(2)31)23(38)24(39)29(40-10)44-28-22(37)21(36)18(9-30)43-27(28)20-15(34)7-14(33)19-16(35)8-17(42-26(19)20)12-3-5-13(32)6-4-12/h3-8,10,18,21-25,27-30,32-34,36-39H,9H2,1-2H3/t10-,18-,21+,22-,23+,24-,25-,27-,28+,29-/m0/s1. The zero-order valence-corrected chi connectivity index (χ0v) is 23.4. The van der Waals surface area contributed by atoms with E-state index in [9.17, 15) is 50.4 Å². The molecule has 15 heteroatoms. The molecule has 0 amide bonds. The molecule has 15 nitrogen and oxygen atoms in total. The Hall–Kier alpha value is -3.80. The minimum Gasteiger partial charge on any atom is -0.508 e. The molecule has 0 radical (unpaired) electrons. The van der Waals surface area contributed by atoms with Gasteiger partial charge in [0.1, 0.15) is 71.1 Å². The summed E-state index contributed by atoms with van der Waals surface area (Å²) >= 11 is 0. The largest absolute Gasteiger partial charge is 0.508 e. The monoisotopic (exact) mass is 620 g/mol. The fourth-order valence-corrected chi connectivity index (χ4v) is 5.47. The molecule has 3 heterocycles. The maximum absolute atomic E-state index is 13.2. The van der Waals surface area contributed by atoms with Crippen LogP contribution in [0.1, 0.15) is 25.5 Å². The molecule has 2 aliphatic rings. The van der Waals surface area contributed by atoms with Crippen LogP contribution >= 0.6 is 0 Å².